The molecule has 0 saturated carbocycles. The lowest BCUT2D eigenvalue weighted by Crippen LogP contribution is -2.48. The lowest BCUT2D eigenvalue weighted by Gasteiger charge is -2.41. The highest BCUT2D eigenvalue weighted by molar-refractivity contribution is 4.82. The first-order valence-corrected chi connectivity index (χ1v) is 9.15. The second-order valence-corrected chi connectivity index (χ2v) is 7.87. The highest BCUT2D eigenvalue weighted by atomic mass is 15.2. The Balaban J connectivity index is 1.70. The fourth-order valence-corrected chi connectivity index (χ4v) is 4.05. The van der Waals surface area contributed by atoms with Gasteiger partial charge in [-0.05, 0) is 92.5 Å². The Hall–Kier alpha value is -0.120. The van der Waals surface area contributed by atoms with Gasteiger partial charge in [-0.2, -0.15) is 0 Å². The first kappa shape index (κ1) is 17.2. The van der Waals surface area contributed by atoms with E-state index in [1.54, 1.807) is 0 Å². The average molecular weight is 296 g/mol. The van der Waals surface area contributed by atoms with Gasteiger partial charge in [-0.25, -0.2) is 0 Å². The van der Waals surface area contributed by atoms with E-state index in [2.05, 4.69) is 49.4 Å². The van der Waals surface area contributed by atoms with E-state index in [9.17, 15) is 0 Å². The van der Waals surface area contributed by atoms with Crippen LogP contribution in [0.3, 0.4) is 0 Å². The zero-order valence-corrected chi connectivity index (χ0v) is 15.0. The second-order valence-electron chi connectivity index (χ2n) is 7.87. The van der Waals surface area contributed by atoms with E-state index in [-0.39, 0.29) is 0 Å². The van der Waals surface area contributed by atoms with E-state index in [4.69, 9.17) is 0 Å². The van der Waals surface area contributed by atoms with Crippen LogP contribution in [-0.4, -0.2) is 72.6 Å². The molecular weight excluding hydrogens is 258 g/mol. The molecule has 0 aromatic carbocycles. The molecule has 0 aromatic heterocycles. The minimum Gasteiger partial charge on any atom is -0.303 e. The topological polar surface area (TPSA) is 9.72 Å². The standard InChI is InChI=1S/C18H37N3/c1-15(2)20-10-6-17(7-11-20)14-19(5)18-8-12-21(13-9-18)16(3)4/h15-18H,6-14H2,1-5H3. The number of hydrogen-bond acceptors (Lipinski definition) is 3. The van der Waals surface area contributed by atoms with Gasteiger partial charge in [0.2, 0.25) is 0 Å². The third kappa shape index (κ3) is 4.94. The third-order valence-corrected chi connectivity index (χ3v) is 5.78. The molecule has 124 valence electrons. The average Bonchev–Trinajstić information content (AvgIpc) is 2.47. The molecule has 2 rings (SSSR count). The molecule has 0 spiro atoms. The lowest BCUT2D eigenvalue weighted by atomic mass is 9.94. The minimum absolute atomic E-state index is 0.719. The monoisotopic (exact) mass is 295 g/mol. The molecule has 3 nitrogen and oxygen atoms in total. The van der Waals surface area contributed by atoms with Crippen LogP contribution in [0.15, 0.2) is 0 Å². The van der Waals surface area contributed by atoms with Gasteiger partial charge in [-0.3, -0.25) is 0 Å². The van der Waals surface area contributed by atoms with Crippen LogP contribution in [0.5, 0.6) is 0 Å². The predicted octanol–water partition coefficient (Wildman–Crippen LogP) is 2.91. The molecule has 2 aliphatic heterocycles. The van der Waals surface area contributed by atoms with Crippen molar-refractivity contribution in [1.29, 1.82) is 0 Å². The summed E-state index contributed by atoms with van der Waals surface area (Å²) in [6.07, 6.45) is 5.51. The number of likely N-dealkylation sites (tertiary alicyclic amines) is 2. The minimum atomic E-state index is 0.719. The Labute approximate surface area is 132 Å². The van der Waals surface area contributed by atoms with Crippen LogP contribution in [0.25, 0.3) is 0 Å². The summed E-state index contributed by atoms with van der Waals surface area (Å²) in [6, 6.07) is 2.27. The zero-order valence-electron chi connectivity index (χ0n) is 15.0. The van der Waals surface area contributed by atoms with Crippen molar-refractivity contribution >= 4 is 0 Å². The quantitative estimate of drug-likeness (QED) is 0.772. The summed E-state index contributed by atoms with van der Waals surface area (Å²) in [6.45, 7) is 15.8. The first-order chi connectivity index (χ1) is 9.97. The summed E-state index contributed by atoms with van der Waals surface area (Å²) >= 11 is 0. The maximum absolute atomic E-state index is 2.67. The van der Waals surface area contributed by atoms with Gasteiger partial charge in [0.05, 0.1) is 0 Å². The molecule has 21 heavy (non-hydrogen) atoms. The molecule has 2 saturated heterocycles. The molecule has 2 heterocycles. The van der Waals surface area contributed by atoms with E-state index < -0.39 is 0 Å². The van der Waals surface area contributed by atoms with E-state index in [1.807, 2.05) is 0 Å². The van der Waals surface area contributed by atoms with Gasteiger partial charge in [0.25, 0.3) is 0 Å². The van der Waals surface area contributed by atoms with Gasteiger partial charge in [0.15, 0.2) is 0 Å². The van der Waals surface area contributed by atoms with Crippen LogP contribution < -0.4 is 0 Å². The summed E-state index contributed by atoms with van der Waals surface area (Å²) in [7, 11) is 2.37. The number of hydrogen-bond donors (Lipinski definition) is 0. The fourth-order valence-electron chi connectivity index (χ4n) is 4.05. The van der Waals surface area contributed by atoms with Gasteiger partial charge in [-0.1, -0.05) is 0 Å². The summed E-state index contributed by atoms with van der Waals surface area (Å²) in [4.78, 5) is 7.94. The molecule has 3 heteroatoms. The van der Waals surface area contributed by atoms with Crippen molar-refractivity contribution in [2.45, 2.75) is 71.5 Å². The molecule has 0 radical (unpaired) electrons. The van der Waals surface area contributed by atoms with Crippen molar-refractivity contribution in [3.63, 3.8) is 0 Å². The summed E-state index contributed by atoms with van der Waals surface area (Å²) < 4.78 is 0. The van der Waals surface area contributed by atoms with Crippen molar-refractivity contribution in [2.24, 2.45) is 5.92 Å². The van der Waals surface area contributed by atoms with Crippen LogP contribution in [0.4, 0.5) is 0 Å². The number of rotatable bonds is 5. The molecule has 0 aromatic rings. The van der Waals surface area contributed by atoms with Gasteiger partial charge >= 0.3 is 0 Å². The molecule has 0 unspecified atom stereocenters. The van der Waals surface area contributed by atoms with Gasteiger partial charge < -0.3 is 14.7 Å². The van der Waals surface area contributed by atoms with Gasteiger partial charge in [-0.15, -0.1) is 0 Å². The van der Waals surface area contributed by atoms with E-state index >= 15 is 0 Å². The summed E-state index contributed by atoms with van der Waals surface area (Å²) in [5.41, 5.74) is 0. The van der Waals surface area contributed by atoms with Gasteiger partial charge in [0, 0.05) is 24.7 Å². The van der Waals surface area contributed by atoms with Crippen molar-refractivity contribution in [3.05, 3.63) is 0 Å². The highest BCUT2D eigenvalue weighted by Crippen LogP contribution is 2.23. The Morgan fingerprint density at radius 2 is 1.24 bits per heavy atom. The van der Waals surface area contributed by atoms with E-state index in [0.29, 0.717) is 0 Å². The molecule has 0 bridgehead atoms. The molecule has 0 amide bonds. The Morgan fingerprint density at radius 1 is 0.810 bits per heavy atom. The maximum Gasteiger partial charge on any atom is 0.0117 e. The Bertz CT molecular complexity index is 287. The molecular formula is C18H37N3. The number of piperidine rings is 2. The molecule has 0 atom stereocenters. The van der Waals surface area contributed by atoms with Crippen LogP contribution >= 0.6 is 0 Å². The highest BCUT2D eigenvalue weighted by Gasteiger charge is 2.27. The van der Waals surface area contributed by atoms with E-state index in [1.165, 1.54) is 58.4 Å². The summed E-state index contributed by atoms with van der Waals surface area (Å²) in [5.74, 6) is 0.924. The molecule has 0 N–H and O–H groups in total. The predicted molar refractivity (Wildman–Crippen MR) is 91.8 cm³/mol. The Morgan fingerprint density at radius 3 is 1.67 bits per heavy atom. The lowest BCUT2D eigenvalue weighted by molar-refractivity contribution is 0.0789. The Kier molecular flexibility index (Phi) is 6.51. The molecule has 2 fully saturated rings. The van der Waals surface area contributed by atoms with E-state index in [0.717, 1.165) is 24.0 Å². The van der Waals surface area contributed by atoms with Gasteiger partial charge in [0.1, 0.15) is 0 Å². The van der Waals surface area contributed by atoms with Crippen LogP contribution in [0.2, 0.25) is 0 Å². The summed E-state index contributed by atoms with van der Waals surface area (Å²) in [5, 5.41) is 0. The molecule has 2 aliphatic rings. The normalized spacial score (nSPS) is 24.6. The van der Waals surface area contributed by atoms with Crippen molar-refractivity contribution in [2.75, 3.05) is 39.8 Å². The maximum atomic E-state index is 2.67. The van der Waals surface area contributed by atoms with Crippen molar-refractivity contribution in [1.82, 2.24) is 14.7 Å². The smallest absolute Gasteiger partial charge is 0.0117 e. The van der Waals surface area contributed by atoms with Crippen molar-refractivity contribution in [3.8, 4) is 0 Å². The second kappa shape index (κ2) is 7.94. The third-order valence-electron chi connectivity index (χ3n) is 5.78. The van der Waals surface area contributed by atoms with Crippen LogP contribution in [0, 0.1) is 5.92 Å². The SMILES string of the molecule is CC(C)N1CCC(CN(C)C2CCN(C(C)C)CC2)CC1. The molecule has 0 aliphatic carbocycles. The first-order valence-electron chi connectivity index (χ1n) is 9.15. The fraction of sp³-hybridized carbons (Fsp3) is 1.00. The van der Waals surface area contributed by atoms with Crippen LogP contribution in [-0.2, 0) is 0 Å². The van der Waals surface area contributed by atoms with Crippen LogP contribution in [0.1, 0.15) is 53.4 Å². The largest absolute Gasteiger partial charge is 0.303 e. The zero-order chi connectivity index (χ0) is 15.4. The number of nitrogens with zero attached hydrogens (tertiary/aromatic N) is 3. The van der Waals surface area contributed by atoms with Crippen molar-refractivity contribution < 1.29 is 0 Å².